The lowest BCUT2D eigenvalue weighted by Crippen LogP contribution is -2.67. The molecule has 45 heavy (non-hydrogen) atoms. The third-order valence-corrected chi connectivity index (χ3v) is 7.85. The van der Waals surface area contributed by atoms with Crippen LogP contribution in [0.15, 0.2) is 48.0 Å². The molecule has 1 aliphatic carbocycles. The van der Waals surface area contributed by atoms with Crippen LogP contribution in [0.1, 0.15) is 24.5 Å². The Hall–Kier alpha value is -3.38. The van der Waals surface area contributed by atoms with Crippen molar-refractivity contribution in [2.75, 3.05) is 6.79 Å². The Morgan fingerprint density at radius 2 is 1.76 bits per heavy atom. The Balaban J connectivity index is 1.15. The van der Waals surface area contributed by atoms with Crippen LogP contribution in [0.25, 0.3) is 6.08 Å². The molecule has 1 unspecified atom stereocenters. The van der Waals surface area contributed by atoms with Gasteiger partial charge < -0.3 is 49.5 Å². The lowest BCUT2D eigenvalue weighted by Gasteiger charge is -2.41. The summed E-state index contributed by atoms with van der Waals surface area (Å²) in [6.45, 7) is 1.29. The van der Waals surface area contributed by atoms with Crippen molar-refractivity contribution < 1.29 is 62.6 Å². The fraction of sp³-hybridized carbons (Fsp3) is 0.467. The van der Waals surface area contributed by atoms with Crippen LogP contribution in [0.3, 0.4) is 0 Å². The number of carbonyl (C=O) groups is 2. The van der Waals surface area contributed by atoms with Gasteiger partial charge in [0.25, 0.3) is 0 Å². The lowest BCUT2D eigenvalue weighted by molar-refractivity contribution is -0.155. The molecule has 3 fully saturated rings. The monoisotopic (exact) mass is 636 g/mol. The van der Waals surface area contributed by atoms with E-state index in [0.717, 1.165) is 6.07 Å². The number of hydroxylamine groups is 1. The zero-order valence-corrected chi connectivity index (χ0v) is 24.0. The number of hydrogen-bond acceptors (Lipinski definition) is 12. The van der Waals surface area contributed by atoms with Crippen LogP contribution in [0.4, 0.5) is 8.78 Å². The van der Waals surface area contributed by atoms with Gasteiger partial charge in [0, 0.05) is 12.0 Å². The topological polar surface area (TPSA) is 185 Å². The Morgan fingerprint density at radius 1 is 1.04 bits per heavy atom. The standard InChI is InChI=1S/C30H34F2N2O11/c1-14(30(40)33-23-24(37)26(39)29-28(25(23)38)41-13-42-29)8-16-4-7-21(18(32)9-16)44-22-10-20(36)27(45-22)19(11-35)34-43-12-15-2-5-17(31)6-3-15/h2-9,11,19-20,22-29,34,36-39H,10,12-13H2,1H3,(H,33,40)/t19?,20-,22+,23+,24-,25+,26+,27+,28-,29+/m0/s1. The summed E-state index contributed by atoms with van der Waals surface area (Å²) in [5.41, 5.74) is 3.55. The molecule has 2 aliphatic heterocycles. The summed E-state index contributed by atoms with van der Waals surface area (Å²) in [7, 11) is 0. The molecule has 0 bridgehead atoms. The van der Waals surface area contributed by atoms with Gasteiger partial charge in [-0.3, -0.25) is 9.63 Å². The van der Waals surface area contributed by atoms with E-state index in [1.807, 2.05) is 0 Å². The van der Waals surface area contributed by atoms with Gasteiger partial charge in [-0.25, -0.2) is 8.78 Å². The SMILES string of the molecule is CC(=Cc1ccc(O[C@H]2C[C@H](O)[C@@H](C(C=O)NOCc3ccc(F)cc3)O2)c(F)c1)C(=O)N[C@@H]1[C@H](O)[C@@H](O)[C@H]2OCO[C@H]2[C@@H]1O. The van der Waals surface area contributed by atoms with Gasteiger partial charge in [-0.05, 0) is 48.4 Å². The van der Waals surface area contributed by atoms with E-state index in [-0.39, 0.29) is 31.1 Å². The van der Waals surface area contributed by atoms with Crippen molar-refractivity contribution in [3.63, 3.8) is 0 Å². The molecule has 1 amide bonds. The summed E-state index contributed by atoms with van der Waals surface area (Å²) < 4.78 is 49.7. The third-order valence-electron chi connectivity index (χ3n) is 7.85. The second-order valence-electron chi connectivity index (χ2n) is 11.0. The zero-order valence-electron chi connectivity index (χ0n) is 24.0. The number of nitrogens with one attached hydrogen (secondary N) is 2. The van der Waals surface area contributed by atoms with E-state index in [0.29, 0.717) is 17.4 Å². The maximum Gasteiger partial charge on any atom is 0.247 e. The average molecular weight is 637 g/mol. The summed E-state index contributed by atoms with van der Waals surface area (Å²) in [6.07, 6.45) is -7.60. The first-order chi connectivity index (χ1) is 21.5. The van der Waals surface area contributed by atoms with Gasteiger partial charge in [-0.15, -0.1) is 0 Å². The van der Waals surface area contributed by atoms with Crippen LogP contribution in [-0.2, 0) is 35.2 Å². The van der Waals surface area contributed by atoms with Crippen molar-refractivity contribution in [2.45, 2.75) is 81.1 Å². The Labute approximate surface area is 256 Å². The number of aliphatic hydroxyl groups is 4. The van der Waals surface area contributed by atoms with Crippen LogP contribution >= 0.6 is 0 Å². The molecular formula is C30H34F2N2O11. The van der Waals surface area contributed by atoms with Gasteiger partial charge in [-0.2, -0.15) is 5.48 Å². The highest BCUT2D eigenvalue weighted by atomic mass is 19.1. The number of benzene rings is 2. The maximum absolute atomic E-state index is 15.0. The minimum atomic E-state index is -1.52. The van der Waals surface area contributed by atoms with Crippen molar-refractivity contribution in [1.82, 2.24) is 10.8 Å². The minimum Gasteiger partial charge on any atom is -0.462 e. The average Bonchev–Trinajstić information content (AvgIpc) is 3.66. The molecule has 3 aliphatic rings. The van der Waals surface area contributed by atoms with Gasteiger partial charge in [0.2, 0.25) is 12.2 Å². The molecule has 2 saturated heterocycles. The lowest BCUT2D eigenvalue weighted by atomic mass is 9.83. The van der Waals surface area contributed by atoms with Crippen molar-refractivity contribution >= 4 is 18.3 Å². The molecule has 0 spiro atoms. The summed E-state index contributed by atoms with van der Waals surface area (Å²) >= 11 is 0. The molecule has 13 nitrogen and oxygen atoms in total. The largest absolute Gasteiger partial charge is 0.462 e. The molecule has 0 aromatic heterocycles. The first-order valence-electron chi connectivity index (χ1n) is 14.2. The van der Waals surface area contributed by atoms with E-state index in [4.69, 9.17) is 23.8 Å². The normalized spacial score (nSPS) is 32.2. The van der Waals surface area contributed by atoms with Crippen molar-refractivity contribution in [3.05, 3.63) is 70.8 Å². The van der Waals surface area contributed by atoms with Crippen LogP contribution in [0, 0.1) is 11.6 Å². The number of carbonyl (C=O) groups excluding carboxylic acids is 2. The molecule has 6 N–H and O–H groups in total. The number of aldehydes is 1. The smallest absolute Gasteiger partial charge is 0.247 e. The number of halogens is 2. The van der Waals surface area contributed by atoms with Crippen LogP contribution in [-0.4, -0.2) is 101 Å². The fourth-order valence-electron chi connectivity index (χ4n) is 5.41. The van der Waals surface area contributed by atoms with Gasteiger partial charge in [0.15, 0.2) is 11.6 Å². The zero-order chi connectivity index (χ0) is 32.2. The Morgan fingerprint density at radius 3 is 2.44 bits per heavy atom. The highest BCUT2D eigenvalue weighted by Gasteiger charge is 2.53. The molecule has 244 valence electrons. The van der Waals surface area contributed by atoms with E-state index in [1.54, 1.807) is 0 Å². The van der Waals surface area contributed by atoms with Crippen molar-refractivity contribution in [3.8, 4) is 5.75 Å². The van der Waals surface area contributed by atoms with E-state index in [9.17, 15) is 38.8 Å². The molecule has 5 rings (SSSR count). The number of ether oxygens (including phenoxy) is 4. The van der Waals surface area contributed by atoms with Crippen molar-refractivity contribution in [1.29, 1.82) is 0 Å². The number of rotatable bonds is 11. The van der Waals surface area contributed by atoms with Crippen LogP contribution < -0.4 is 15.5 Å². The predicted octanol–water partition coefficient (Wildman–Crippen LogP) is -0.166. The molecule has 10 atom stereocenters. The van der Waals surface area contributed by atoms with Crippen molar-refractivity contribution in [2.24, 2.45) is 0 Å². The Kier molecular flexibility index (Phi) is 10.5. The van der Waals surface area contributed by atoms with E-state index in [2.05, 4.69) is 10.8 Å². The first kappa shape index (κ1) is 33.0. The van der Waals surface area contributed by atoms with E-state index < -0.39 is 78.6 Å². The van der Waals surface area contributed by atoms with Gasteiger partial charge in [0.1, 0.15) is 61.6 Å². The molecule has 1 saturated carbocycles. The molecular weight excluding hydrogens is 602 g/mol. The van der Waals surface area contributed by atoms with E-state index in [1.165, 1.54) is 49.4 Å². The molecule has 2 aromatic rings. The number of aliphatic hydroxyl groups excluding tert-OH is 4. The second-order valence-corrected chi connectivity index (χ2v) is 11.0. The van der Waals surface area contributed by atoms with Gasteiger partial charge >= 0.3 is 0 Å². The molecule has 2 aromatic carbocycles. The number of fused-ring (bicyclic) bond motifs is 1. The molecule has 2 heterocycles. The highest BCUT2D eigenvalue weighted by Crippen LogP contribution is 2.31. The fourth-order valence-corrected chi connectivity index (χ4v) is 5.41. The van der Waals surface area contributed by atoms with Gasteiger partial charge in [-0.1, -0.05) is 18.2 Å². The quantitative estimate of drug-likeness (QED) is 0.109. The predicted molar refractivity (Wildman–Crippen MR) is 149 cm³/mol. The first-order valence-corrected chi connectivity index (χ1v) is 14.2. The summed E-state index contributed by atoms with van der Waals surface area (Å²) in [4.78, 5) is 29.8. The van der Waals surface area contributed by atoms with Crippen LogP contribution in [0.2, 0.25) is 0 Å². The van der Waals surface area contributed by atoms with Gasteiger partial charge in [0.05, 0.1) is 18.8 Å². The van der Waals surface area contributed by atoms with Crippen LogP contribution in [0.5, 0.6) is 5.75 Å². The maximum atomic E-state index is 15.0. The minimum absolute atomic E-state index is 0.0133. The Bertz CT molecular complexity index is 1380. The molecule has 15 heteroatoms. The summed E-state index contributed by atoms with van der Waals surface area (Å²) in [5, 5.41) is 44.2. The number of amides is 1. The molecule has 0 radical (unpaired) electrons. The summed E-state index contributed by atoms with van der Waals surface area (Å²) in [5.74, 6) is -2.08. The van der Waals surface area contributed by atoms with E-state index >= 15 is 0 Å². The summed E-state index contributed by atoms with van der Waals surface area (Å²) in [6, 6.07) is 7.11. The number of hydrogen-bond donors (Lipinski definition) is 6. The highest BCUT2D eigenvalue weighted by molar-refractivity contribution is 5.97. The second kappa shape index (κ2) is 14.4. The third kappa shape index (κ3) is 7.54.